The van der Waals surface area contributed by atoms with Crippen LogP contribution in [-0.2, 0) is 0 Å². The molecule has 0 aliphatic carbocycles. The third kappa shape index (κ3) is 3.79. The fraction of sp³-hybridized carbons (Fsp3) is 0. The Bertz CT molecular complexity index is 984. The molecular formula is C18H13ClN4O3. The highest BCUT2D eigenvalue weighted by molar-refractivity contribution is 6.32. The smallest absolute Gasteiger partial charge is 0.288 e. The van der Waals surface area contributed by atoms with Crippen molar-refractivity contribution in [3.05, 3.63) is 93.3 Å². The Morgan fingerprint density at radius 1 is 1.15 bits per heavy atom. The number of nitrogens with one attached hydrogen (secondary N) is 1. The Kier molecular flexibility index (Phi) is 5.09. The van der Waals surface area contributed by atoms with Gasteiger partial charge in [0.1, 0.15) is 5.02 Å². The lowest BCUT2D eigenvalue weighted by molar-refractivity contribution is -0.384. The van der Waals surface area contributed by atoms with Gasteiger partial charge in [-0.15, -0.1) is 0 Å². The lowest BCUT2D eigenvalue weighted by atomic mass is 10.1. The summed E-state index contributed by atoms with van der Waals surface area (Å²) in [7, 11) is 0. The first-order valence-electron chi connectivity index (χ1n) is 7.56. The summed E-state index contributed by atoms with van der Waals surface area (Å²) in [6.45, 7) is 0. The van der Waals surface area contributed by atoms with Gasteiger partial charge in [-0.25, -0.2) is 5.43 Å². The third-order valence-electron chi connectivity index (χ3n) is 3.58. The second kappa shape index (κ2) is 7.62. The molecule has 1 N–H and O–H groups in total. The first-order chi connectivity index (χ1) is 12.6. The van der Waals surface area contributed by atoms with Crippen molar-refractivity contribution in [2.24, 2.45) is 5.10 Å². The number of nitro benzene ring substituents is 1. The zero-order chi connectivity index (χ0) is 18.5. The zero-order valence-electron chi connectivity index (χ0n) is 13.4. The van der Waals surface area contributed by atoms with Gasteiger partial charge >= 0.3 is 0 Å². The summed E-state index contributed by atoms with van der Waals surface area (Å²) in [5, 5.41) is 14.8. The molecule has 1 amide bonds. The number of benzene rings is 2. The molecule has 0 atom stereocenters. The molecule has 3 aromatic rings. The van der Waals surface area contributed by atoms with Gasteiger partial charge in [-0.1, -0.05) is 29.8 Å². The maximum Gasteiger partial charge on any atom is 0.288 e. The molecule has 1 aromatic heterocycles. The Morgan fingerprint density at radius 2 is 1.88 bits per heavy atom. The maximum absolute atomic E-state index is 12.4. The molecule has 0 unspecified atom stereocenters. The normalized spacial score (nSPS) is 10.8. The van der Waals surface area contributed by atoms with Gasteiger partial charge in [-0.05, 0) is 30.3 Å². The summed E-state index contributed by atoms with van der Waals surface area (Å²) in [5.74, 6) is -0.394. The van der Waals surface area contributed by atoms with Crippen LogP contribution in [0.2, 0.25) is 5.02 Å². The van der Waals surface area contributed by atoms with Gasteiger partial charge in [0, 0.05) is 24.0 Å². The number of hydrogen-bond donors (Lipinski definition) is 1. The second-order valence-corrected chi connectivity index (χ2v) is 5.68. The van der Waals surface area contributed by atoms with Gasteiger partial charge < -0.3 is 4.57 Å². The summed E-state index contributed by atoms with van der Waals surface area (Å²) >= 11 is 5.76. The largest absolute Gasteiger partial charge is 0.323 e. The van der Waals surface area contributed by atoms with Crippen molar-refractivity contribution in [3.8, 4) is 5.69 Å². The average molecular weight is 369 g/mol. The van der Waals surface area contributed by atoms with Crippen molar-refractivity contribution in [2.45, 2.75) is 0 Å². The zero-order valence-corrected chi connectivity index (χ0v) is 14.1. The third-order valence-corrected chi connectivity index (χ3v) is 3.90. The molecule has 0 saturated heterocycles. The van der Waals surface area contributed by atoms with Crippen LogP contribution in [0.4, 0.5) is 5.69 Å². The second-order valence-electron chi connectivity index (χ2n) is 5.27. The van der Waals surface area contributed by atoms with E-state index < -0.39 is 10.8 Å². The standard InChI is InChI=1S/C18H13ClN4O3/c19-15-8-7-13(11-17(15)23(25)26)12-20-21-18(24)14-5-1-2-6-16(14)22-9-3-4-10-22/h1-12H,(H,21,24)/b20-12+. The molecular weight excluding hydrogens is 356 g/mol. The molecule has 0 aliphatic heterocycles. The number of carbonyl (C=O) groups excluding carboxylic acids is 1. The quantitative estimate of drug-likeness (QED) is 0.422. The van der Waals surface area contributed by atoms with E-state index in [0.29, 0.717) is 16.8 Å². The lowest BCUT2D eigenvalue weighted by Gasteiger charge is -2.08. The van der Waals surface area contributed by atoms with E-state index in [1.54, 1.807) is 18.2 Å². The van der Waals surface area contributed by atoms with Crippen LogP contribution < -0.4 is 5.43 Å². The van der Waals surface area contributed by atoms with Crippen molar-refractivity contribution < 1.29 is 9.72 Å². The Hall–Kier alpha value is -3.45. The van der Waals surface area contributed by atoms with Gasteiger partial charge in [-0.3, -0.25) is 14.9 Å². The summed E-state index contributed by atoms with van der Waals surface area (Å²) in [4.78, 5) is 22.7. The SMILES string of the molecule is O=C(N/N=C/c1ccc(Cl)c([N+](=O)[O-])c1)c1ccccc1-n1cccc1. The van der Waals surface area contributed by atoms with E-state index in [1.807, 2.05) is 41.2 Å². The number of hydrazone groups is 1. The number of carbonyl (C=O) groups is 1. The predicted molar refractivity (Wildman–Crippen MR) is 98.9 cm³/mol. The molecule has 0 spiro atoms. The molecule has 8 heteroatoms. The monoisotopic (exact) mass is 368 g/mol. The van der Waals surface area contributed by atoms with Crippen molar-refractivity contribution >= 4 is 29.4 Å². The number of halogens is 1. The van der Waals surface area contributed by atoms with Crippen LogP contribution in [-0.4, -0.2) is 21.6 Å². The molecule has 0 saturated carbocycles. The highest BCUT2D eigenvalue weighted by Gasteiger charge is 2.13. The van der Waals surface area contributed by atoms with Crippen LogP contribution in [0.15, 0.2) is 72.1 Å². The highest BCUT2D eigenvalue weighted by atomic mass is 35.5. The van der Waals surface area contributed by atoms with Gasteiger partial charge in [0.15, 0.2) is 0 Å². The van der Waals surface area contributed by atoms with E-state index in [4.69, 9.17) is 11.6 Å². The number of nitro groups is 1. The van der Waals surface area contributed by atoms with Crippen molar-refractivity contribution in [1.82, 2.24) is 9.99 Å². The van der Waals surface area contributed by atoms with Gasteiger partial charge in [0.05, 0.1) is 22.4 Å². The number of nitrogens with zero attached hydrogens (tertiary/aromatic N) is 3. The van der Waals surface area contributed by atoms with Gasteiger partial charge in [0.2, 0.25) is 0 Å². The van der Waals surface area contributed by atoms with Crippen LogP contribution >= 0.6 is 11.6 Å². The topological polar surface area (TPSA) is 89.5 Å². The van der Waals surface area contributed by atoms with Crippen molar-refractivity contribution in [2.75, 3.05) is 0 Å². The average Bonchev–Trinajstić information content (AvgIpc) is 3.17. The van der Waals surface area contributed by atoms with Crippen LogP contribution in [0.5, 0.6) is 0 Å². The number of rotatable bonds is 5. The Labute approximate surface area is 153 Å². The van der Waals surface area contributed by atoms with E-state index in [2.05, 4.69) is 10.5 Å². The number of aromatic nitrogens is 1. The molecule has 0 fully saturated rings. The number of para-hydroxylation sites is 1. The van der Waals surface area contributed by atoms with Crippen LogP contribution in [0.1, 0.15) is 15.9 Å². The molecule has 0 radical (unpaired) electrons. The van der Waals surface area contributed by atoms with Gasteiger partial charge in [0.25, 0.3) is 11.6 Å². The van der Waals surface area contributed by atoms with E-state index >= 15 is 0 Å². The number of hydrogen-bond acceptors (Lipinski definition) is 4. The first kappa shape index (κ1) is 17.4. The molecule has 3 rings (SSSR count). The fourth-order valence-corrected chi connectivity index (χ4v) is 2.55. The van der Waals surface area contributed by atoms with E-state index in [1.165, 1.54) is 18.3 Å². The first-order valence-corrected chi connectivity index (χ1v) is 7.94. The minimum atomic E-state index is -0.578. The van der Waals surface area contributed by atoms with E-state index in [9.17, 15) is 14.9 Å². The highest BCUT2D eigenvalue weighted by Crippen LogP contribution is 2.24. The summed E-state index contributed by atoms with van der Waals surface area (Å²) in [6, 6.07) is 15.1. The van der Waals surface area contributed by atoms with Crippen molar-refractivity contribution in [3.63, 3.8) is 0 Å². The molecule has 26 heavy (non-hydrogen) atoms. The minimum Gasteiger partial charge on any atom is -0.323 e. The molecule has 1 heterocycles. The lowest BCUT2D eigenvalue weighted by Crippen LogP contribution is -2.19. The predicted octanol–water partition coefficient (Wildman–Crippen LogP) is 3.80. The van der Waals surface area contributed by atoms with E-state index in [0.717, 1.165) is 0 Å². The minimum absolute atomic E-state index is 0.0387. The summed E-state index contributed by atoms with van der Waals surface area (Å²) in [5.41, 5.74) is 3.81. The molecule has 7 nitrogen and oxygen atoms in total. The maximum atomic E-state index is 12.4. The summed E-state index contributed by atoms with van der Waals surface area (Å²) in [6.07, 6.45) is 4.99. The van der Waals surface area contributed by atoms with Gasteiger partial charge in [-0.2, -0.15) is 5.10 Å². The van der Waals surface area contributed by atoms with Crippen LogP contribution in [0.3, 0.4) is 0 Å². The Balaban J connectivity index is 1.77. The molecule has 130 valence electrons. The summed E-state index contributed by atoms with van der Waals surface area (Å²) < 4.78 is 1.82. The number of amides is 1. The van der Waals surface area contributed by atoms with Crippen LogP contribution in [0.25, 0.3) is 5.69 Å². The Morgan fingerprint density at radius 3 is 2.62 bits per heavy atom. The van der Waals surface area contributed by atoms with Crippen LogP contribution in [0, 0.1) is 10.1 Å². The molecule has 0 bridgehead atoms. The van der Waals surface area contributed by atoms with E-state index in [-0.39, 0.29) is 10.7 Å². The van der Waals surface area contributed by atoms with Crippen molar-refractivity contribution in [1.29, 1.82) is 0 Å². The molecule has 0 aliphatic rings. The fourth-order valence-electron chi connectivity index (χ4n) is 2.36. The molecule has 2 aromatic carbocycles.